The van der Waals surface area contributed by atoms with Gasteiger partial charge < -0.3 is 10.6 Å². The fourth-order valence-corrected chi connectivity index (χ4v) is 3.39. The van der Waals surface area contributed by atoms with Crippen molar-refractivity contribution in [1.82, 2.24) is 10.6 Å². The third-order valence-corrected chi connectivity index (χ3v) is 4.79. The summed E-state index contributed by atoms with van der Waals surface area (Å²) in [4.78, 5) is 0. The Labute approximate surface area is 142 Å². The van der Waals surface area contributed by atoms with Crippen LogP contribution in [0.3, 0.4) is 0 Å². The lowest BCUT2D eigenvalue weighted by Crippen LogP contribution is -2.49. The molecule has 2 nitrogen and oxygen atoms in total. The van der Waals surface area contributed by atoms with Gasteiger partial charge in [0.2, 0.25) is 0 Å². The predicted octanol–water partition coefficient (Wildman–Crippen LogP) is 4.16. The van der Waals surface area contributed by atoms with Gasteiger partial charge in [-0.25, -0.2) is 8.78 Å². The molecule has 0 spiro atoms. The summed E-state index contributed by atoms with van der Waals surface area (Å²) >= 11 is 0. The van der Waals surface area contributed by atoms with Crippen molar-refractivity contribution in [3.63, 3.8) is 0 Å². The standard InChI is InChI=1S/C20H24F2N2/c21-17-9-3-1-7-15(17)13-23-19-11-5-6-12-20(19)24-14-16-8-2-4-10-18(16)22/h1-4,7-10,19-20,23-24H,5-6,11-14H2/t19-,20-/m1/s1. The SMILES string of the molecule is Fc1ccccc1CN[C@@H]1CCCC[C@H]1NCc1ccccc1F. The van der Waals surface area contributed by atoms with Gasteiger partial charge in [-0.1, -0.05) is 49.2 Å². The number of hydrogen-bond donors (Lipinski definition) is 2. The number of nitrogens with one attached hydrogen (secondary N) is 2. The van der Waals surface area contributed by atoms with E-state index in [-0.39, 0.29) is 23.7 Å². The first-order valence-corrected chi connectivity index (χ1v) is 8.67. The van der Waals surface area contributed by atoms with Gasteiger partial charge in [0.05, 0.1) is 0 Å². The highest BCUT2D eigenvalue weighted by molar-refractivity contribution is 5.18. The Morgan fingerprint density at radius 1 is 0.708 bits per heavy atom. The Kier molecular flexibility index (Phi) is 5.94. The summed E-state index contributed by atoms with van der Waals surface area (Å²) in [6.45, 7) is 1.05. The maximum absolute atomic E-state index is 13.8. The predicted molar refractivity (Wildman–Crippen MR) is 92.5 cm³/mol. The Balaban J connectivity index is 1.57. The Morgan fingerprint density at radius 2 is 1.12 bits per heavy atom. The summed E-state index contributed by atoms with van der Waals surface area (Å²) in [7, 11) is 0. The fourth-order valence-electron chi connectivity index (χ4n) is 3.39. The van der Waals surface area contributed by atoms with Gasteiger partial charge in [-0.3, -0.25) is 0 Å². The highest BCUT2D eigenvalue weighted by atomic mass is 19.1. The van der Waals surface area contributed by atoms with Gasteiger partial charge in [0.25, 0.3) is 0 Å². The lowest BCUT2D eigenvalue weighted by Gasteiger charge is -2.33. The molecule has 0 heterocycles. The molecule has 0 amide bonds. The van der Waals surface area contributed by atoms with Crippen molar-refractivity contribution < 1.29 is 8.78 Å². The summed E-state index contributed by atoms with van der Waals surface area (Å²) in [5, 5.41) is 6.97. The lowest BCUT2D eigenvalue weighted by atomic mass is 9.90. The van der Waals surface area contributed by atoms with Gasteiger partial charge in [0, 0.05) is 36.3 Å². The van der Waals surface area contributed by atoms with Crippen LogP contribution in [0.4, 0.5) is 8.78 Å². The minimum atomic E-state index is -0.170. The van der Waals surface area contributed by atoms with Crippen LogP contribution in [0.2, 0.25) is 0 Å². The number of rotatable bonds is 6. The molecule has 3 rings (SSSR count). The first kappa shape index (κ1) is 17.1. The lowest BCUT2D eigenvalue weighted by molar-refractivity contribution is 0.279. The molecule has 0 saturated heterocycles. The minimum Gasteiger partial charge on any atom is -0.308 e. The van der Waals surface area contributed by atoms with Gasteiger partial charge in [-0.15, -0.1) is 0 Å². The van der Waals surface area contributed by atoms with Crippen LogP contribution in [0.1, 0.15) is 36.8 Å². The van der Waals surface area contributed by atoms with E-state index < -0.39 is 0 Å². The number of hydrogen-bond acceptors (Lipinski definition) is 2. The molecule has 2 aromatic rings. The number of benzene rings is 2. The molecule has 2 aromatic carbocycles. The third kappa shape index (κ3) is 4.40. The smallest absolute Gasteiger partial charge is 0.127 e. The normalized spacial score (nSPS) is 20.9. The highest BCUT2D eigenvalue weighted by Gasteiger charge is 2.24. The first-order chi connectivity index (χ1) is 11.7. The summed E-state index contributed by atoms with van der Waals surface area (Å²) in [5.41, 5.74) is 1.38. The van der Waals surface area contributed by atoms with E-state index in [1.807, 2.05) is 24.3 Å². The average Bonchev–Trinajstić information content (AvgIpc) is 2.61. The van der Waals surface area contributed by atoms with Crippen molar-refractivity contribution in [3.05, 3.63) is 71.3 Å². The maximum Gasteiger partial charge on any atom is 0.127 e. The van der Waals surface area contributed by atoms with Gasteiger partial charge >= 0.3 is 0 Å². The largest absolute Gasteiger partial charge is 0.308 e. The molecule has 2 N–H and O–H groups in total. The molecule has 24 heavy (non-hydrogen) atoms. The van der Waals surface area contributed by atoms with Crippen LogP contribution in [-0.2, 0) is 13.1 Å². The molecule has 0 bridgehead atoms. The van der Waals surface area contributed by atoms with Gasteiger partial charge in [0.15, 0.2) is 0 Å². The van der Waals surface area contributed by atoms with Crippen LogP contribution in [0.15, 0.2) is 48.5 Å². The van der Waals surface area contributed by atoms with E-state index in [0.29, 0.717) is 24.2 Å². The summed E-state index contributed by atoms with van der Waals surface area (Å²) in [6, 6.07) is 14.3. The van der Waals surface area contributed by atoms with E-state index in [4.69, 9.17) is 0 Å². The molecule has 1 fully saturated rings. The maximum atomic E-state index is 13.8. The molecule has 128 valence electrons. The summed E-state index contributed by atoms with van der Waals surface area (Å²) < 4.78 is 27.5. The van der Waals surface area contributed by atoms with E-state index in [2.05, 4.69) is 10.6 Å². The van der Waals surface area contributed by atoms with Crippen molar-refractivity contribution in [3.8, 4) is 0 Å². The first-order valence-electron chi connectivity index (χ1n) is 8.67. The zero-order valence-electron chi connectivity index (χ0n) is 13.8. The Bertz CT molecular complexity index is 602. The summed E-state index contributed by atoms with van der Waals surface area (Å²) in [5.74, 6) is -0.339. The van der Waals surface area contributed by atoms with Crippen molar-refractivity contribution in [2.75, 3.05) is 0 Å². The zero-order valence-corrected chi connectivity index (χ0v) is 13.8. The second-order valence-corrected chi connectivity index (χ2v) is 6.44. The molecule has 0 aromatic heterocycles. The van der Waals surface area contributed by atoms with Crippen molar-refractivity contribution in [2.24, 2.45) is 0 Å². The summed E-state index contributed by atoms with van der Waals surface area (Å²) in [6.07, 6.45) is 4.46. The van der Waals surface area contributed by atoms with E-state index in [1.54, 1.807) is 12.1 Å². The fraction of sp³-hybridized carbons (Fsp3) is 0.400. The van der Waals surface area contributed by atoms with Crippen LogP contribution in [-0.4, -0.2) is 12.1 Å². The monoisotopic (exact) mass is 330 g/mol. The van der Waals surface area contributed by atoms with Gasteiger partial charge in [-0.05, 0) is 25.0 Å². The van der Waals surface area contributed by atoms with E-state index in [9.17, 15) is 8.78 Å². The topological polar surface area (TPSA) is 24.1 Å². The molecular weight excluding hydrogens is 306 g/mol. The molecule has 0 aliphatic heterocycles. The van der Waals surface area contributed by atoms with Crippen molar-refractivity contribution >= 4 is 0 Å². The highest BCUT2D eigenvalue weighted by Crippen LogP contribution is 2.20. The molecule has 1 aliphatic rings. The Hall–Kier alpha value is -1.78. The van der Waals surface area contributed by atoms with Crippen LogP contribution in [0.5, 0.6) is 0 Å². The minimum absolute atomic E-state index is 0.170. The van der Waals surface area contributed by atoms with E-state index in [1.165, 1.54) is 25.0 Å². The third-order valence-electron chi connectivity index (χ3n) is 4.79. The molecule has 0 radical (unpaired) electrons. The quantitative estimate of drug-likeness (QED) is 0.831. The van der Waals surface area contributed by atoms with E-state index >= 15 is 0 Å². The van der Waals surface area contributed by atoms with Crippen LogP contribution in [0, 0.1) is 11.6 Å². The second-order valence-electron chi connectivity index (χ2n) is 6.44. The zero-order chi connectivity index (χ0) is 16.8. The average molecular weight is 330 g/mol. The molecule has 2 atom stereocenters. The molecule has 1 saturated carbocycles. The van der Waals surface area contributed by atoms with Gasteiger partial charge in [0.1, 0.15) is 11.6 Å². The molecule has 1 aliphatic carbocycles. The van der Waals surface area contributed by atoms with Crippen molar-refractivity contribution in [2.45, 2.75) is 50.9 Å². The molecule has 4 heteroatoms. The second kappa shape index (κ2) is 8.36. The van der Waals surface area contributed by atoms with Crippen molar-refractivity contribution in [1.29, 1.82) is 0 Å². The number of halogens is 2. The molecule has 0 unspecified atom stereocenters. The van der Waals surface area contributed by atoms with Crippen LogP contribution >= 0.6 is 0 Å². The van der Waals surface area contributed by atoms with Crippen LogP contribution < -0.4 is 10.6 Å². The van der Waals surface area contributed by atoms with Crippen LogP contribution in [0.25, 0.3) is 0 Å². The Morgan fingerprint density at radius 3 is 1.54 bits per heavy atom. The van der Waals surface area contributed by atoms with Gasteiger partial charge in [-0.2, -0.15) is 0 Å². The molecular formula is C20H24F2N2. The van der Waals surface area contributed by atoms with E-state index in [0.717, 1.165) is 12.8 Å².